The van der Waals surface area contributed by atoms with Gasteiger partial charge in [0, 0.05) is 13.1 Å². The van der Waals surface area contributed by atoms with Crippen molar-refractivity contribution in [1.82, 2.24) is 9.71 Å². The van der Waals surface area contributed by atoms with E-state index in [1.54, 1.807) is 6.08 Å². The maximum absolute atomic E-state index is 12.8. The van der Waals surface area contributed by atoms with Crippen LogP contribution in [0.3, 0.4) is 0 Å². The molecule has 2 atom stereocenters. The van der Waals surface area contributed by atoms with Gasteiger partial charge in [-0.3, -0.25) is 9.59 Å². The lowest BCUT2D eigenvalue weighted by Gasteiger charge is -2.30. The average Bonchev–Trinajstić information content (AvgIpc) is 3.22. The van der Waals surface area contributed by atoms with Gasteiger partial charge in [-0.25, -0.2) is 18.1 Å². The molecule has 2 amide bonds. The molecule has 0 saturated heterocycles. The van der Waals surface area contributed by atoms with Crippen LogP contribution in [-0.2, 0) is 19.6 Å². The van der Waals surface area contributed by atoms with Crippen LogP contribution in [0.1, 0.15) is 34.1 Å². The van der Waals surface area contributed by atoms with Gasteiger partial charge < -0.3 is 5.32 Å². The number of carbonyl (C=O) groups is 2. The number of aromatic nitrogens is 1. The molecule has 1 aromatic heterocycles. The summed E-state index contributed by atoms with van der Waals surface area (Å²) in [5.41, 5.74) is -1.25. The molecule has 2 N–H and O–H groups in total. The first-order chi connectivity index (χ1) is 11.5. The molecule has 7 nitrogen and oxygen atoms in total. The number of rotatable bonds is 5. The van der Waals surface area contributed by atoms with Crippen LogP contribution in [-0.4, -0.2) is 25.2 Å². The summed E-state index contributed by atoms with van der Waals surface area (Å²) in [6, 6.07) is 2.71. The van der Waals surface area contributed by atoms with Gasteiger partial charge in [0.1, 0.15) is 4.90 Å². The Bertz CT molecular complexity index is 827. The lowest BCUT2D eigenvalue weighted by Crippen LogP contribution is -2.43. The van der Waals surface area contributed by atoms with Crippen molar-refractivity contribution in [3.63, 3.8) is 0 Å². The number of anilines is 1. The fourth-order valence-electron chi connectivity index (χ4n) is 3.17. The largest absolute Gasteiger partial charge is 0.310 e. The van der Waals surface area contributed by atoms with Crippen molar-refractivity contribution in [3.8, 4) is 0 Å². The molecule has 2 rings (SSSR count). The van der Waals surface area contributed by atoms with Crippen molar-refractivity contribution in [2.75, 3.05) is 5.32 Å². The summed E-state index contributed by atoms with van der Waals surface area (Å²) in [5.74, 6) is -1.22. The second-order valence-corrected chi connectivity index (χ2v) is 8.88. The first-order valence-electron chi connectivity index (χ1n) is 7.88. The summed E-state index contributed by atoms with van der Waals surface area (Å²) in [6.07, 6.45) is 3.59. The zero-order valence-electron chi connectivity index (χ0n) is 14.8. The number of hydrogen-bond donors (Lipinski definition) is 2. The van der Waals surface area contributed by atoms with Crippen LogP contribution in [0.4, 0.5) is 5.82 Å². The topological polar surface area (TPSA) is 105 Å². The summed E-state index contributed by atoms with van der Waals surface area (Å²) >= 11 is 0. The van der Waals surface area contributed by atoms with Crippen molar-refractivity contribution in [3.05, 3.63) is 31.0 Å². The molecule has 1 aliphatic carbocycles. The fraction of sp³-hybridized carbons (Fsp3) is 0.471. The summed E-state index contributed by atoms with van der Waals surface area (Å²) in [6.45, 7) is 10.7. The van der Waals surface area contributed by atoms with Crippen molar-refractivity contribution in [2.45, 2.75) is 39.0 Å². The van der Waals surface area contributed by atoms with Crippen LogP contribution in [0.15, 0.2) is 35.9 Å². The maximum atomic E-state index is 12.8. The van der Waals surface area contributed by atoms with Gasteiger partial charge in [-0.2, -0.15) is 0 Å². The molecular formula is C17H23N3O4S. The van der Waals surface area contributed by atoms with E-state index in [4.69, 9.17) is 0 Å². The summed E-state index contributed by atoms with van der Waals surface area (Å²) in [7, 11) is -4.18. The van der Waals surface area contributed by atoms with Crippen molar-refractivity contribution in [2.24, 2.45) is 16.7 Å². The van der Waals surface area contributed by atoms with E-state index in [2.05, 4.69) is 21.6 Å². The molecule has 1 saturated carbocycles. The number of allylic oxidation sites excluding steroid dienone is 1. The zero-order valence-corrected chi connectivity index (χ0v) is 15.6. The molecule has 1 aromatic rings. The molecule has 1 heterocycles. The molecule has 0 aliphatic heterocycles. The Hall–Kier alpha value is -2.22. The third kappa shape index (κ3) is 3.44. The lowest BCUT2D eigenvalue weighted by atomic mass is 9.75. The molecule has 0 unspecified atom stereocenters. The zero-order chi connectivity index (χ0) is 19.0. The average molecular weight is 365 g/mol. The Morgan fingerprint density at radius 2 is 2.04 bits per heavy atom. The van der Waals surface area contributed by atoms with Crippen molar-refractivity contribution in [1.29, 1.82) is 0 Å². The van der Waals surface area contributed by atoms with Gasteiger partial charge in [-0.1, -0.05) is 26.8 Å². The highest BCUT2D eigenvalue weighted by Crippen LogP contribution is 2.64. The maximum Gasteiger partial charge on any atom is 0.267 e. The van der Waals surface area contributed by atoms with Crippen molar-refractivity contribution < 1.29 is 18.0 Å². The van der Waals surface area contributed by atoms with E-state index in [-0.39, 0.29) is 16.6 Å². The van der Waals surface area contributed by atoms with Gasteiger partial charge in [-0.05, 0) is 29.9 Å². The van der Waals surface area contributed by atoms with Gasteiger partial charge >= 0.3 is 0 Å². The number of carbonyl (C=O) groups excluding carboxylic acids is 2. The Morgan fingerprint density at radius 3 is 2.52 bits per heavy atom. The van der Waals surface area contributed by atoms with Crippen LogP contribution < -0.4 is 10.0 Å². The van der Waals surface area contributed by atoms with Crippen LogP contribution in [0.5, 0.6) is 0 Å². The van der Waals surface area contributed by atoms with E-state index >= 15 is 0 Å². The highest BCUT2D eigenvalue weighted by Gasteiger charge is 2.65. The normalized spacial score (nSPS) is 22.8. The quantitative estimate of drug-likeness (QED) is 0.777. The molecular weight excluding hydrogens is 342 g/mol. The standard InChI is InChI=1S/C17H23N3O4S/c1-6-12-10-17(12,16(3,4)5)15(22)20-25(23,24)13-8-7-9-18-14(13)19-11(2)21/h6-9,12H,1,10H2,2-5H3,(H,20,22)(H,18,19,21)/t12-,17-/m1/s1. The second-order valence-electron chi connectivity index (χ2n) is 7.23. The highest BCUT2D eigenvalue weighted by molar-refractivity contribution is 7.90. The van der Waals surface area contributed by atoms with Gasteiger partial charge in [0.05, 0.1) is 5.41 Å². The molecule has 0 radical (unpaired) electrons. The van der Waals surface area contributed by atoms with E-state index in [9.17, 15) is 18.0 Å². The van der Waals surface area contributed by atoms with E-state index in [0.717, 1.165) is 0 Å². The number of sulfonamides is 1. The number of hydrogen-bond acceptors (Lipinski definition) is 5. The summed E-state index contributed by atoms with van der Waals surface area (Å²) in [4.78, 5) is 27.7. The van der Waals surface area contributed by atoms with E-state index in [1.165, 1.54) is 25.3 Å². The first kappa shape index (κ1) is 19.1. The molecule has 0 aromatic carbocycles. The van der Waals surface area contributed by atoms with Crippen LogP contribution in [0.25, 0.3) is 0 Å². The summed E-state index contributed by atoms with van der Waals surface area (Å²) < 4.78 is 27.5. The number of amides is 2. The van der Waals surface area contributed by atoms with E-state index in [0.29, 0.717) is 6.42 Å². The minimum absolute atomic E-state index is 0.0774. The number of pyridine rings is 1. The Balaban J connectivity index is 2.35. The predicted molar refractivity (Wildman–Crippen MR) is 94.1 cm³/mol. The predicted octanol–water partition coefficient (Wildman–Crippen LogP) is 2.08. The van der Waals surface area contributed by atoms with Crippen LogP contribution >= 0.6 is 0 Å². The third-order valence-corrected chi connectivity index (χ3v) is 5.99. The molecule has 8 heteroatoms. The van der Waals surface area contributed by atoms with Gasteiger partial charge in [0.15, 0.2) is 5.82 Å². The number of nitrogens with zero attached hydrogens (tertiary/aromatic N) is 1. The molecule has 0 bridgehead atoms. The first-order valence-corrected chi connectivity index (χ1v) is 9.36. The van der Waals surface area contributed by atoms with E-state index < -0.39 is 32.7 Å². The lowest BCUT2D eigenvalue weighted by molar-refractivity contribution is -0.128. The monoisotopic (exact) mass is 365 g/mol. The molecule has 136 valence electrons. The SMILES string of the molecule is C=C[C@@H]1C[C@@]1(C(=O)NS(=O)(=O)c1cccnc1NC(C)=O)C(C)(C)C. The van der Waals surface area contributed by atoms with Gasteiger partial charge in [0.25, 0.3) is 10.0 Å². The summed E-state index contributed by atoms with van der Waals surface area (Å²) in [5, 5.41) is 2.36. The second kappa shape index (κ2) is 6.25. The molecule has 0 spiro atoms. The molecule has 1 fully saturated rings. The minimum atomic E-state index is -4.18. The van der Waals surface area contributed by atoms with Crippen LogP contribution in [0.2, 0.25) is 0 Å². The van der Waals surface area contributed by atoms with E-state index in [1.807, 2.05) is 20.8 Å². The van der Waals surface area contributed by atoms with Crippen LogP contribution in [0, 0.1) is 16.7 Å². The number of nitrogens with one attached hydrogen (secondary N) is 2. The van der Waals surface area contributed by atoms with Crippen molar-refractivity contribution >= 4 is 27.7 Å². The minimum Gasteiger partial charge on any atom is -0.310 e. The third-order valence-electron chi connectivity index (χ3n) is 4.62. The Labute approximate surface area is 148 Å². The fourth-order valence-corrected chi connectivity index (χ4v) is 4.32. The Kier molecular flexibility index (Phi) is 4.78. The Morgan fingerprint density at radius 1 is 1.40 bits per heavy atom. The van der Waals surface area contributed by atoms with Gasteiger partial charge in [0.2, 0.25) is 11.8 Å². The van der Waals surface area contributed by atoms with Gasteiger partial charge in [-0.15, -0.1) is 6.58 Å². The molecule has 1 aliphatic rings. The highest BCUT2D eigenvalue weighted by atomic mass is 32.2. The smallest absolute Gasteiger partial charge is 0.267 e. The molecule has 25 heavy (non-hydrogen) atoms.